The lowest BCUT2D eigenvalue weighted by atomic mass is 9.97. The van der Waals surface area contributed by atoms with Crippen molar-refractivity contribution in [2.45, 2.75) is 75.3 Å². The van der Waals surface area contributed by atoms with Gasteiger partial charge in [-0.15, -0.1) is 0 Å². The van der Waals surface area contributed by atoms with Crippen LogP contribution in [0.1, 0.15) is 13.8 Å². The van der Waals surface area contributed by atoms with Crippen LogP contribution in [0.4, 0.5) is 0 Å². The van der Waals surface area contributed by atoms with Gasteiger partial charge in [0.15, 0.2) is 18.7 Å². The second-order valence-electron chi connectivity index (χ2n) is 6.30. The average molecular weight is 382 g/mol. The van der Waals surface area contributed by atoms with Gasteiger partial charge in [0.25, 0.3) is 0 Å². The zero-order valence-corrected chi connectivity index (χ0v) is 14.7. The molecule has 0 aliphatic carbocycles. The van der Waals surface area contributed by atoms with E-state index < -0.39 is 74.0 Å². The zero-order valence-electron chi connectivity index (χ0n) is 14.7. The molecule has 0 aromatic rings. The molecule has 2 fully saturated rings. The summed E-state index contributed by atoms with van der Waals surface area (Å²) in [6.07, 6.45) is -12.6. The lowest BCUT2D eigenvalue weighted by molar-refractivity contribution is -0.353. The van der Waals surface area contributed by atoms with Crippen LogP contribution in [0.15, 0.2) is 0 Å². The van der Waals surface area contributed by atoms with Crippen molar-refractivity contribution in [2.75, 3.05) is 13.7 Å². The molecule has 11 nitrogen and oxygen atoms in total. The Morgan fingerprint density at radius 3 is 2.19 bits per heavy atom. The van der Waals surface area contributed by atoms with Crippen molar-refractivity contribution < 1.29 is 54.0 Å². The van der Waals surface area contributed by atoms with Crippen LogP contribution in [0.25, 0.3) is 0 Å². The van der Waals surface area contributed by atoms with Crippen molar-refractivity contribution in [1.29, 1.82) is 0 Å². The second-order valence-corrected chi connectivity index (χ2v) is 6.30. The lowest BCUT2D eigenvalue weighted by Crippen LogP contribution is -2.64. The number of carbonyl (C=O) groups is 1. The van der Waals surface area contributed by atoms with E-state index in [1.54, 1.807) is 6.92 Å². The van der Waals surface area contributed by atoms with E-state index >= 15 is 0 Å². The van der Waals surface area contributed by atoms with Gasteiger partial charge in [-0.2, -0.15) is 0 Å². The van der Waals surface area contributed by atoms with Crippen molar-refractivity contribution in [3.8, 4) is 0 Å². The molecule has 2 rings (SSSR count). The van der Waals surface area contributed by atoms with E-state index in [9.17, 15) is 30.3 Å². The topological polar surface area (TPSA) is 164 Å². The summed E-state index contributed by atoms with van der Waals surface area (Å²) in [5.41, 5.74) is 0. The van der Waals surface area contributed by atoms with Crippen LogP contribution in [0.3, 0.4) is 0 Å². The van der Waals surface area contributed by atoms with E-state index in [1.165, 1.54) is 7.11 Å². The number of hydrogen-bond acceptors (Lipinski definition) is 11. The van der Waals surface area contributed by atoms with Crippen molar-refractivity contribution in [3.63, 3.8) is 0 Å². The fourth-order valence-corrected chi connectivity index (χ4v) is 3.10. The maximum absolute atomic E-state index is 11.3. The Morgan fingerprint density at radius 2 is 1.65 bits per heavy atom. The van der Waals surface area contributed by atoms with Gasteiger partial charge in [-0.05, 0) is 6.92 Å². The first-order chi connectivity index (χ1) is 12.2. The van der Waals surface area contributed by atoms with Gasteiger partial charge in [-0.25, -0.2) is 0 Å². The van der Waals surface area contributed by atoms with Crippen LogP contribution in [-0.2, 0) is 28.5 Å². The van der Waals surface area contributed by atoms with Crippen LogP contribution in [0, 0.1) is 0 Å². The molecule has 10 atom stereocenters. The highest BCUT2D eigenvalue weighted by Gasteiger charge is 2.51. The van der Waals surface area contributed by atoms with Crippen LogP contribution < -0.4 is 0 Å². The molecule has 2 aliphatic heterocycles. The maximum Gasteiger partial charge on any atom is 0.303 e. The minimum atomic E-state index is -1.61. The molecule has 0 amide bonds. The number of hydrogen-bond donors (Lipinski definition) is 5. The summed E-state index contributed by atoms with van der Waals surface area (Å²) in [5, 5.41) is 49.0. The molecule has 2 heterocycles. The van der Waals surface area contributed by atoms with Crippen molar-refractivity contribution in [2.24, 2.45) is 0 Å². The van der Waals surface area contributed by atoms with Crippen LogP contribution in [0.5, 0.6) is 0 Å². The summed E-state index contributed by atoms with van der Waals surface area (Å²) < 4.78 is 26.6. The van der Waals surface area contributed by atoms with E-state index in [0.29, 0.717) is 0 Å². The van der Waals surface area contributed by atoms with Gasteiger partial charge in [0.2, 0.25) is 0 Å². The summed E-state index contributed by atoms with van der Waals surface area (Å²) in [6, 6.07) is 0. The molecular formula is C15H26O11. The van der Waals surface area contributed by atoms with Crippen molar-refractivity contribution in [1.82, 2.24) is 0 Å². The second kappa shape index (κ2) is 8.87. The number of methoxy groups -OCH3 is 1. The van der Waals surface area contributed by atoms with Gasteiger partial charge in [-0.1, -0.05) is 0 Å². The van der Waals surface area contributed by atoms with Crippen molar-refractivity contribution >= 4 is 5.97 Å². The van der Waals surface area contributed by atoms with Gasteiger partial charge < -0.3 is 49.2 Å². The summed E-state index contributed by atoms with van der Waals surface area (Å²) in [5.74, 6) is -0.666. The van der Waals surface area contributed by atoms with E-state index in [0.717, 1.165) is 6.92 Å². The molecule has 0 saturated carbocycles. The highest BCUT2D eigenvalue weighted by Crippen LogP contribution is 2.30. The first-order valence-corrected chi connectivity index (χ1v) is 8.20. The van der Waals surface area contributed by atoms with E-state index in [4.69, 9.17) is 23.7 Å². The number of ether oxygens (including phenoxy) is 5. The van der Waals surface area contributed by atoms with Gasteiger partial charge in [0.1, 0.15) is 36.6 Å². The number of aliphatic hydroxyl groups is 5. The quantitative estimate of drug-likeness (QED) is 0.305. The SMILES string of the molecule is CO[C@@H]1[C@@H](O[C@@H]2O[C@H](CO)[C@@H](O)[C@H](O)[C@H]2O)[C@H](C)OC(O)[C@H]1OC(C)=O. The molecule has 11 heteroatoms. The van der Waals surface area contributed by atoms with E-state index in [-0.39, 0.29) is 0 Å². The van der Waals surface area contributed by atoms with Gasteiger partial charge in [0, 0.05) is 14.0 Å². The molecule has 2 saturated heterocycles. The molecule has 0 aromatic carbocycles. The highest BCUT2D eigenvalue weighted by molar-refractivity contribution is 5.66. The zero-order chi connectivity index (χ0) is 19.6. The summed E-state index contributed by atoms with van der Waals surface area (Å²) in [6.45, 7) is 2.11. The Labute approximate surface area is 150 Å². The van der Waals surface area contributed by atoms with E-state index in [2.05, 4.69) is 0 Å². The first-order valence-electron chi connectivity index (χ1n) is 8.20. The first kappa shape index (κ1) is 21.4. The standard InChI is InChI=1S/C15H26O11/c1-5-11(12(22-3)13(14(21)23-5)24-6(2)17)26-15-10(20)9(19)8(18)7(4-16)25-15/h5,7-16,18-21H,4H2,1-3H3/t5-,7+,8+,9-,10+,11-,12+,13-,14?,15-/m0/s1. The van der Waals surface area contributed by atoms with E-state index in [1.807, 2.05) is 0 Å². The number of rotatable bonds is 5. The number of esters is 1. The fourth-order valence-electron chi connectivity index (χ4n) is 3.10. The molecule has 0 bridgehead atoms. The Hall–Kier alpha value is -0.890. The largest absolute Gasteiger partial charge is 0.454 e. The Bertz CT molecular complexity index is 473. The third-order valence-corrected chi connectivity index (χ3v) is 4.46. The fraction of sp³-hybridized carbons (Fsp3) is 0.933. The van der Waals surface area contributed by atoms with Crippen LogP contribution in [0.2, 0.25) is 0 Å². The molecule has 0 spiro atoms. The van der Waals surface area contributed by atoms with Crippen LogP contribution >= 0.6 is 0 Å². The third-order valence-electron chi connectivity index (χ3n) is 4.46. The molecule has 0 radical (unpaired) electrons. The Balaban J connectivity index is 2.17. The molecule has 5 N–H and O–H groups in total. The maximum atomic E-state index is 11.3. The third kappa shape index (κ3) is 4.32. The van der Waals surface area contributed by atoms with Gasteiger partial charge in [0.05, 0.1) is 12.7 Å². The van der Waals surface area contributed by atoms with Crippen molar-refractivity contribution in [3.05, 3.63) is 0 Å². The smallest absolute Gasteiger partial charge is 0.303 e. The summed E-state index contributed by atoms with van der Waals surface area (Å²) in [7, 11) is 1.32. The minimum absolute atomic E-state index is 0.607. The lowest BCUT2D eigenvalue weighted by Gasteiger charge is -2.46. The average Bonchev–Trinajstić information content (AvgIpc) is 2.58. The minimum Gasteiger partial charge on any atom is -0.454 e. The monoisotopic (exact) mass is 382 g/mol. The molecule has 152 valence electrons. The number of carbonyl (C=O) groups excluding carboxylic acids is 1. The van der Waals surface area contributed by atoms with Gasteiger partial charge in [-0.3, -0.25) is 4.79 Å². The molecule has 0 aromatic heterocycles. The molecular weight excluding hydrogens is 356 g/mol. The van der Waals surface area contributed by atoms with Crippen LogP contribution in [-0.4, -0.2) is 107 Å². The normalized spacial score (nSPS) is 46.8. The molecule has 2 aliphatic rings. The number of aliphatic hydroxyl groups excluding tert-OH is 5. The summed E-state index contributed by atoms with van der Waals surface area (Å²) >= 11 is 0. The predicted molar refractivity (Wildman–Crippen MR) is 81.5 cm³/mol. The molecule has 26 heavy (non-hydrogen) atoms. The Kier molecular flexibility index (Phi) is 7.30. The molecule has 1 unspecified atom stereocenters. The van der Waals surface area contributed by atoms with Gasteiger partial charge >= 0.3 is 5.97 Å². The summed E-state index contributed by atoms with van der Waals surface area (Å²) in [4.78, 5) is 11.3. The highest BCUT2D eigenvalue weighted by atomic mass is 16.7. The Morgan fingerprint density at radius 1 is 1.00 bits per heavy atom. The predicted octanol–water partition coefficient (Wildman–Crippen LogP) is -3.14.